The van der Waals surface area contributed by atoms with Gasteiger partial charge < -0.3 is 5.21 Å². The quantitative estimate of drug-likeness (QED) is 0.597. The zero-order chi connectivity index (χ0) is 14.4. The monoisotopic (exact) mass is 293 g/mol. The second kappa shape index (κ2) is 4.38. The summed E-state index contributed by atoms with van der Waals surface area (Å²) >= 11 is 5.77. The van der Waals surface area contributed by atoms with Gasteiger partial charge in [0.25, 0.3) is 11.5 Å². The molecule has 100 valence electrons. The van der Waals surface area contributed by atoms with Gasteiger partial charge in [0.2, 0.25) is 5.69 Å². The SMILES string of the molecule is O=C1C(c2cc(F)cc(F)c2)=[N+]([O-])c2cc(Cl)ccc21. The van der Waals surface area contributed by atoms with Crippen LogP contribution >= 0.6 is 11.6 Å². The molecule has 2 aromatic rings. The lowest BCUT2D eigenvalue weighted by molar-refractivity contribution is -0.355. The molecule has 0 bridgehead atoms. The normalized spacial score (nSPS) is 13.8. The maximum absolute atomic E-state index is 13.2. The van der Waals surface area contributed by atoms with Gasteiger partial charge in [-0.2, -0.15) is 4.74 Å². The van der Waals surface area contributed by atoms with E-state index in [0.717, 1.165) is 12.1 Å². The summed E-state index contributed by atoms with van der Waals surface area (Å²) in [6, 6.07) is 6.77. The summed E-state index contributed by atoms with van der Waals surface area (Å²) in [5, 5.41) is 12.4. The van der Waals surface area contributed by atoms with E-state index in [4.69, 9.17) is 11.6 Å². The first-order chi connectivity index (χ1) is 9.47. The van der Waals surface area contributed by atoms with E-state index >= 15 is 0 Å². The van der Waals surface area contributed by atoms with E-state index in [1.165, 1.54) is 18.2 Å². The zero-order valence-corrected chi connectivity index (χ0v) is 10.6. The smallest absolute Gasteiger partial charge is 0.273 e. The lowest BCUT2D eigenvalue weighted by Crippen LogP contribution is -2.17. The average molecular weight is 294 g/mol. The van der Waals surface area contributed by atoms with Crippen molar-refractivity contribution in [3.05, 3.63) is 69.4 Å². The highest BCUT2D eigenvalue weighted by atomic mass is 35.5. The number of carbonyl (C=O) groups excluding carboxylic acids is 1. The van der Waals surface area contributed by atoms with Crippen molar-refractivity contribution in [2.45, 2.75) is 0 Å². The summed E-state index contributed by atoms with van der Waals surface area (Å²) in [5.74, 6) is -2.30. The van der Waals surface area contributed by atoms with E-state index in [0.29, 0.717) is 15.8 Å². The van der Waals surface area contributed by atoms with Crippen LogP contribution in [0.5, 0.6) is 0 Å². The fourth-order valence-electron chi connectivity index (χ4n) is 2.14. The standard InChI is InChI=1S/C14H6ClF2NO2/c15-8-1-2-11-12(5-8)18(20)13(14(11)19)7-3-9(16)6-10(17)4-7/h1-6H. The molecule has 6 heteroatoms. The minimum Gasteiger partial charge on any atom is -0.618 e. The van der Waals surface area contributed by atoms with Gasteiger partial charge in [-0.3, -0.25) is 4.79 Å². The van der Waals surface area contributed by atoms with E-state index in [1.54, 1.807) is 0 Å². The van der Waals surface area contributed by atoms with Crippen LogP contribution in [0.25, 0.3) is 0 Å². The highest BCUT2D eigenvalue weighted by molar-refractivity contribution is 6.52. The van der Waals surface area contributed by atoms with Crippen molar-refractivity contribution >= 4 is 28.8 Å². The molecule has 2 aromatic carbocycles. The number of fused-ring (bicyclic) bond motifs is 1. The molecule has 0 aliphatic carbocycles. The summed E-state index contributed by atoms with van der Waals surface area (Å²) in [7, 11) is 0. The Bertz CT molecular complexity index is 766. The van der Waals surface area contributed by atoms with Crippen LogP contribution in [0.2, 0.25) is 5.02 Å². The van der Waals surface area contributed by atoms with Crippen LogP contribution in [-0.2, 0) is 0 Å². The van der Waals surface area contributed by atoms with E-state index in [2.05, 4.69) is 0 Å². The van der Waals surface area contributed by atoms with Crippen LogP contribution < -0.4 is 0 Å². The van der Waals surface area contributed by atoms with Crippen LogP contribution in [0.1, 0.15) is 15.9 Å². The van der Waals surface area contributed by atoms with E-state index in [1.807, 2.05) is 0 Å². The molecular formula is C14H6ClF2NO2. The molecular weight excluding hydrogens is 288 g/mol. The first-order valence-corrected chi connectivity index (χ1v) is 6.00. The number of hydrogen-bond donors (Lipinski definition) is 0. The second-order valence-electron chi connectivity index (χ2n) is 4.29. The zero-order valence-electron chi connectivity index (χ0n) is 9.86. The number of hydrogen-bond acceptors (Lipinski definition) is 2. The molecule has 0 fully saturated rings. The summed E-state index contributed by atoms with van der Waals surface area (Å²) in [5.41, 5.74) is -0.193. The number of ketones is 1. The number of rotatable bonds is 1. The Balaban J connectivity index is 2.23. The van der Waals surface area contributed by atoms with Crippen molar-refractivity contribution < 1.29 is 18.3 Å². The van der Waals surface area contributed by atoms with Gasteiger partial charge in [-0.15, -0.1) is 0 Å². The molecule has 1 aliphatic heterocycles. The molecule has 1 aliphatic rings. The first kappa shape index (κ1) is 12.7. The van der Waals surface area contributed by atoms with E-state index in [9.17, 15) is 18.8 Å². The lowest BCUT2D eigenvalue weighted by atomic mass is 10.0. The van der Waals surface area contributed by atoms with Crippen LogP contribution in [-0.4, -0.2) is 16.2 Å². The van der Waals surface area contributed by atoms with E-state index in [-0.39, 0.29) is 22.5 Å². The fraction of sp³-hybridized carbons (Fsp3) is 0. The first-order valence-electron chi connectivity index (χ1n) is 5.62. The molecule has 0 amide bonds. The van der Waals surface area contributed by atoms with Gasteiger partial charge in [-0.05, 0) is 24.3 Å². The maximum atomic E-state index is 13.2. The molecule has 0 aromatic heterocycles. The molecule has 0 saturated heterocycles. The Morgan fingerprint density at radius 2 is 1.70 bits per heavy atom. The minimum atomic E-state index is -0.859. The Morgan fingerprint density at radius 3 is 2.35 bits per heavy atom. The largest absolute Gasteiger partial charge is 0.618 e. The van der Waals surface area contributed by atoms with Gasteiger partial charge in [0.15, 0.2) is 0 Å². The van der Waals surface area contributed by atoms with Crippen molar-refractivity contribution in [3.63, 3.8) is 0 Å². The van der Waals surface area contributed by atoms with Crippen molar-refractivity contribution in [2.75, 3.05) is 0 Å². The summed E-state index contributed by atoms with van der Waals surface area (Å²) < 4.78 is 26.8. The second-order valence-corrected chi connectivity index (χ2v) is 4.73. The van der Waals surface area contributed by atoms with Crippen LogP contribution in [0.15, 0.2) is 36.4 Å². The highest BCUT2D eigenvalue weighted by Gasteiger charge is 2.37. The Hall–Kier alpha value is -2.27. The van der Waals surface area contributed by atoms with Crippen LogP contribution in [0, 0.1) is 16.8 Å². The van der Waals surface area contributed by atoms with Crippen molar-refractivity contribution in [2.24, 2.45) is 0 Å². The molecule has 3 nitrogen and oxygen atoms in total. The maximum Gasteiger partial charge on any atom is 0.273 e. The van der Waals surface area contributed by atoms with Gasteiger partial charge in [0, 0.05) is 17.2 Å². The van der Waals surface area contributed by atoms with Gasteiger partial charge in [0.1, 0.15) is 17.2 Å². The Kier molecular flexibility index (Phi) is 2.79. The van der Waals surface area contributed by atoms with Crippen molar-refractivity contribution in [1.82, 2.24) is 0 Å². The third kappa shape index (κ3) is 1.87. The topological polar surface area (TPSA) is 43.1 Å². The average Bonchev–Trinajstić information content (AvgIpc) is 2.60. The molecule has 20 heavy (non-hydrogen) atoms. The Labute approximate surface area is 117 Å². The molecule has 0 atom stereocenters. The fourth-order valence-corrected chi connectivity index (χ4v) is 2.31. The number of Topliss-reactive ketones (excluding diaryl/α,β-unsaturated/α-hetero) is 1. The van der Waals surface area contributed by atoms with Gasteiger partial charge in [-0.25, -0.2) is 8.78 Å². The number of nitrogens with zero attached hydrogens (tertiary/aromatic N) is 1. The molecule has 3 rings (SSSR count). The molecule has 0 radical (unpaired) electrons. The van der Waals surface area contributed by atoms with Gasteiger partial charge >= 0.3 is 0 Å². The molecule has 0 spiro atoms. The third-order valence-electron chi connectivity index (χ3n) is 2.98. The van der Waals surface area contributed by atoms with Crippen LogP contribution in [0.4, 0.5) is 14.5 Å². The predicted octanol–water partition coefficient (Wildman–Crippen LogP) is 3.45. The summed E-state index contributed by atoms with van der Waals surface area (Å²) in [6.45, 7) is 0. The molecule has 0 saturated carbocycles. The van der Waals surface area contributed by atoms with Gasteiger partial charge in [-0.1, -0.05) is 11.6 Å². The number of benzene rings is 2. The van der Waals surface area contributed by atoms with Crippen LogP contribution in [0.3, 0.4) is 0 Å². The predicted molar refractivity (Wildman–Crippen MR) is 69.5 cm³/mol. The molecule has 1 heterocycles. The number of carbonyl (C=O) groups is 1. The summed E-state index contributed by atoms with van der Waals surface area (Å²) in [6.07, 6.45) is 0. The highest BCUT2D eigenvalue weighted by Crippen LogP contribution is 2.30. The minimum absolute atomic E-state index is 0.0715. The van der Waals surface area contributed by atoms with Crippen molar-refractivity contribution in [1.29, 1.82) is 0 Å². The van der Waals surface area contributed by atoms with E-state index < -0.39 is 17.4 Å². The Morgan fingerprint density at radius 1 is 1.05 bits per heavy atom. The van der Waals surface area contributed by atoms with Gasteiger partial charge in [0.05, 0.1) is 5.56 Å². The summed E-state index contributed by atoms with van der Waals surface area (Å²) in [4.78, 5) is 12.2. The van der Waals surface area contributed by atoms with Crippen molar-refractivity contribution in [3.8, 4) is 0 Å². The molecule has 0 unspecified atom stereocenters. The lowest BCUT2D eigenvalue weighted by Gasteiger charge is -2.02. The molecule has 0 N–H and O–H groups in total. The third-order valence-corrected chi connectivity index (χ3v) is 3.21. The number of halogens is 3.